The number of hydrogen-bond acceptors (Lipinski definition) is 4. The minimum atomic E-state index is -4.36. The van der Waals surface area contributed by atoms with Crippen LogP contribution in [0.4, 0.5) is 13.2 Å². The van der Waals surface area contributed by atoms with Crippen molar-refractivity contribution < 1.29 is 17.7 Å². The molecule has 104 valence electrons. The number of aromatic nitrogens is 1. The van der Waals surface area contributed by atoms with E-state index in [2.05, 4.69) is 5.16 Å². The topological polar surface area (TPSA) is 55.3 Å². The molecule has 0 radical (unpaired) electrons. The molecule has 0 bridgehead atoms. The average molecular weight is 265 g/mol. The number of aryl methyl sites for hydroxylation is 1. The van der Waals surface area contributed by atoms with Crippen LogP contribution in [0.5, 0.6) is 0 Å². The van der Waals surface area contributed by atoms with Crippen LogP contribution in [0.3, 0.4) is 0 Å². The fraction of sp³-hybridized carbons (Fsp3) is 0.727. The van der Waals surface area contributed by atoms with Gasteiger partial charge in [-0.05, 0) is 20.4 Å². The third kappa shape index (κ3) is 3.71. The minimum absolute atomic E-state index is 0.0508. The van der Waals surface area contributed by atoms with E-state index in [9.17, 15) is 13.2 Å². The van der Waals surface area contributed by atoms with Gasteiger partial charge < -0.3 is 10.3 Å². The van der Waals surface area contributed by atoms with Crippen molar-refractivity contribution >= 4 is 0 Å². The standard InChI is InChI=1S/C11H18F3N3O/c1-4-9(15)10(11(12,13)14)17(3)6-8-5-7(2)18-16-8/h5,9-10H,4,6,15H2,1-3H3. The highest BCUT2D eigenvalue weighted by atomic mass is 19.4. The molecule has 1 heterocycles. The molecule has 0 fully saturated rings. The van der Waals surface area contributed by atoms with Crippen molar-refractivity contribution in [3.8, 4) is 0 Å². The molecule has 2 atom stereocenters. The maximum absolute atomic E-state index is 13.0. The Bertz CT molecular complexity index is 378. The van der Waals surface area contributed by atoms with E-state index < -0.39 is 18.3 Å². The molecule has 18 heavy (non-hydrogen) atoms. The molecular weight excluding hydrogens is 247 g/mol. The van der Waals surface area contributed by atoms with Crippen LogP contribution in [0.1, 0.15) is 24.8 Å². The first-order valence-electron chi connectivity index (χ1n) is 5.70. The summed E-state index contributed by atoms with van der Waals surface area (Å²) in [6.07, 6.45) is -4.10. The maximum Gasteiger partial charge on any atom is 0.405 e. The first-order valence-corrected chi connectivity index (χ1v) is 5.70. The minimum Gasteiger partial charge on any atom is -0.361 e. The van der Waals surface area contributed by atoms with Crippen LogP contribution in [0.25, 0.3) is 0 Å². The monoisotopic (exact) mass is 265 g/mol. The molecule has 0 aliphatic rings. The Morgan fingerprint density at radius 3 is 2.50 bits per heavy atom. The SMILES string of the molecule is CCC(N)C(N(C)Cc1cc(C)on1)C(F)(F)F. The predicted molar refractivity (Wildman–Crippen MR) is 60.8 cm³/mol. The molecular formula is C11H18F3N3O. The molecule has 1 aromatic heterocycles. The van der Waals surface area contributed by atoms with Crippen LogP contribution < -0.4 is 5.73 Å². The van der Waals surface area contributed by atoms with E-state index in [0.717, 1.165) is 4.90 Å². The van der Waals surface area contributed by atoms with Crippen LogP contribution in [0, 0.1) is 6.92 Å². The number of rotatable bonds is 5. The summed E-state index contributed by atoms with van der Waals surface area (Å²) >= 11 is 0. The van der Waals surface area contributed by atoms with Crippen LogP contribution in [0.15, 0.2) is 10.6 Å². The summed E-state index contributed by atoms with van der Waals surface area (Å²) in [4.78, 5) is 1.16. The smallest absolute Gasteiger partial charge is 0.361 e. The van der Waals surface area contributed by atoms with Crippen LogP contribution in [-0.2, 0) is 6.54 Å². The predicted octanol–water partition coefficient (Wildman–Crippen LogP) is 2.08. The number of likely N-dealkylation sites (N-methyl/N-ethyl adjacent to an activating group) is 1. The van der Waals surface area contributed by atoms with Crippen LogP contribution >= 0.6 is 0 Å². The van der Waals surface area contributed by atoms with E-state index in [4.69, 9.17) is 10.3 Å². The van der Waals surface area contributed by atoms with Gasteiger partial charge in [-0.2, -0.15) is 13.2 Å². The van der Waals surface area contributed by atoms with Gasteiger partial charge in [0.1, 0.15) is 11.8 Å². The number of halogens is 3. The summed E-state index contributed by atoms with van der Waals surface area (Å²) in [7, 11) is 1.39. The molecule has 4 nitrogen and oxygen atoms in total. The highest BCUT2D eigenvalue weighted by Crippen LogP contribution is 2.27. The van der Waals surface area contributed by atoms with E-state index >= 15 is 0 Å². The highest BCUT2D eigenvalue weighted by Gasteiger charge is 2.45. The molecule has 0 aliphatic carbocycles. The Labute approximate surface area is 104 Å². The summed E-state index contributed by atoms with van der Waals surface area (Å²) in [6, 6.07) is -1.02. The second-order valence-corrected chi connectivity index (χ2v) is 4.40. The first kappa shape index (κ1) is 15.0. The summed E-state index contributed by atoms with van der Waals surface area (Å²) in [5.74, 6) is 0.571. The molecule has 0 aliphatic heterocycles. The van der Waals surface area contributed by atoms with Gasteiger partial charge in [-0.25, -0.2) is 0 Å². The largest absolute Gasteiger partial charge is 0.405 e. The lowest BCUT2D eigenvalue weighted by atomic mass is 10.0. The molecule has 0 spiro atoms. The highest BCUT2D eigenvalue weighted by molar-refractivity contribution is 5.04. The number of nitrogens with two attached hydrogens (primary N) is 1. The maximum atomic E-state index is 13.0. The molecule has 0 saturated heterocycles. The number of hydrogen-bond donors (Lipinski definition) is 1. The van der Waals surface area contributed by atoms with Gasteiger partial charge in [0.15, 0.2) is 0 Å². The first-order chi connectivity index (χ1) is 8.25. The molecule has 2 unspecified atom stereocenters. The van der Waals surface area contributed by atoms with Gasteiger partial charge in [-0.3, -0.25) is 4.90 Å². The zero-order valence-electron chi connectivity index (χ0n) is 10.7. The normalized spacial score (nSPS) is 16.0. The summed E-state index contributed by atoms with van der Waals surface area (Å²) in [6.45, 7) is 3.38. The van der Waals surface area contributed by atoms with Gasteiger partial charge in [0.2, 0.25) is 0 Å². The lowest BCUT2D eigenvalue weighted by molar-refractivity contribution is -0.187. The van der Waals surface area contributed by atoms with Crippen molar-refractivity contribution in [2.45, 2.75) is 45.1 Å². The summed E-state index contributed by atoms with van der Waals surface area (Å²) in [5, 5.41) is 3.68. The van der Waals surface area contributed by atoms with Gasteiger partial charge in [0.25, 0.3) is 0 Å². The van der Waals surface area contributed by atoms with Crippen LogP contribution in [-0.4, -0.2) is 35.4 Å². The Hall–Kier alpha value is -1.08. The lowest BCUT2D eigenvalue weighted by Gasteiger charge is -2.33. The third-order valence-electron chi connectivity index (χ3n) is 2.78. The van der Waals surface area contributed by atoms with E-state index in [1.807, 2.05) is 0 Å². The van der Waals surface area contributed by atoms with E-state index in [1.165, 1.54) is 7.05 Å². The second-order valence-electron chi connectivity index (χ2n) is 4.40. The molecule has 0 aromatic carbocycles. The van der Waals surface area contributed by atoms with Gasteiger partial charge in [0, 0.05) is 18.7 Å². The molecule has 1 rings (SSSR count). The van der Waals surface area contributed by atoms with Crippen LogP contribution in [0.2, 0.25) is 0 Å². The third-order valence-corrected chi connectivity index (χ3v) is 2.78. The van der Waals surface area contributed by atoms with Gasteiger partial charge >= 0.3 is 6.18 Å². The zero-order valence-corrected chi connectivity index (χ0v) is 10.7. The quantitative estimate of drug-likeness (QED) is 0.885. The van der Waals surface area contributed by atoms with E-state index in [-0.39, 0.29) is 13.0 Å². The summed E-state index contributed by atoms with van der Waals surface area (Å²) in [5.41, 5.74) is 6.02. The molecule has 0 saturated carbocycles. The van der Waals surface area contributed by atoms with Crippen molar-refractivity contribution in [3.05, 3.63) is 17.5 Å². The van der Waals surface area contributed by atoms with Crippen molar-refractivity contribution in [1.29, 1.82) is 0 Å². The van der Waals surface area contributed by atoms with Gasteiger partial charge in [-0.1, -0.05) is 12.1 Å². The van der Waals surface area contributed by atoms with E-state index in [0.29, 0.717) is 11.5 Å². The Kier molecular flexibility index (Phi) is 4.75. The van der Waals surface area contributed by atoms with Crippen molar-refractivity contribution in [2.24, 2.45) is 5.73 Å². The summed E-state index contributed by atoms with van der Waals surface area (Å²) < 4.78 is 43.7. The van der Waals surface area contributed by atoms with Crippen molar-refractivity contribution in [2.75, 3.05) is 7.05 Å². The number of nitrogens with zero attached hydrogens (tertiary/aromatic N) is 2. The Balaban J connectivity index is 2.79. The van der Waals surface area contributed by atoms with Gasteiger partial charge in [-0.15, -0.1) is 0 Å². The molecule has 7 heteroatoms. The number of alkyl halides is 3. The zero-order chi connectivity index (χ0) is 13.9. The molecule has 2 N–H and O–H groups in total. The van der Waals surface area contributed by atoms with Crippen molar-refractivity contribution in [1.82, 2.24) is 10.1 Å². The Morgan fingerprint density at radius 2 is 2.11 bits per heavy atom. The van der Waals surface area contributed by atoms with E-state index in [1.54, 1.807) is 19.9 Å². The molecule has 1 aromatic rings. The average Bonchev–Trinajstić information content (AvgIpc) is 2.61. The fourth-order valence-electron chi connectivity index (χ4n) is 1.89. The van der Waals surface area contributed by atoms with Crippen molar-refractivity contribution in [3.63, 3.8) is 0 Å². The second kappa shape index (κ2) is 5.71. The fourth-order valence-corrected chi connectivity index (χ4v) is 1.89. The Morgan fingerprint density at radius 1 is 1.50 bits per heavy atom. The molecule has 0 amide bonds. The van der Waals surface area contributed by atoms with Gasteiger partial charge in [0.05, 0.1) is 5.69 Å². The lowest BCUT2D eigenvalue weighted by Crippen LogP contribution is -2.54.